The van der Waals surface area contributed by atoms with E-state index < -0.39 is 5.91 Å². The number of carbonyl (C=O) groups excluding carboxylic acids is 1. The molecule has 2 aromatic heterocycles. The second kappa shape index (κ2) is 8.54. The fourth-order valence-electron chi connectivity index (χ4n) is 2.72. The van der Waals surface area contributed by atoms with Crippen molar-refractivity contribution in [3.8, 4) is 17.1 Å². The number of aryl methyl sites for hydroxylation is 1. The topological polar surface area (TPSA) is 137 Å². The van der Waals surface area contributed by atoms with E-state index >= 15 is 0 Å². The van der Waals surface area contributed by atoms with Gasteiger partial charge in [0.15, 0.2) is 5.69 Å². The quantitative estimate of drug-likeness (QED) is 0.347. The Hall–Kier alpha value is -3.76. The number of nitrogens with one attached hydrogen (secondary N) is 1. The zero-order chi connectivity index (χ0) is 22.0. The summed E-state index contributed by atoms with van der Waals surface area (Å²) in [5, 5.41) is 19.9. The highest BCUT2D eigenvalue weighted by molar-refractivity contribution is 6.43. The molecule has 31 heavy (non-hydrogen) atoms. The summed E-state index contributed by atoms with van der Waals surface area (Å²) in [5.41, 5.74) is 10.8. The largest absolute Gasteiger partial charge is 0.378 e. The Labute approximate surface area is 185 Å². The Kier molecular flexibility index (Phi) is 5.65. The summed E-state index contributed by atoms with van der Waals surface area (Å²) in [6.45, 7) is 1.95. The van der Waals surface area contributed by atoms with Crippen molar-refractivity contribution in [2.75, 3.05) is 5.73 Å². The number of nitrogens with two attached hydrogens (primary N) is 1. The maximum atomic E-state index is 12.8. The number of halogens is 2. The monoisotopic (exact) mass is 456 g/mol. The van der Waals surface area contributed by atoms with Crippen LogP contribution in [0, 0.1) is 6.92 Å². The van der Waals surface area contributed by atoms with Gasteiger partial charge in [0.2, 0.25) is 11.6 Å². The van der Waals surface area contributed by atoms with Crippen LogP contribution in [0.3, 0.4) is 0 Å². The second-order valence-corrected chi connectivity index (χ2v) is 7.16. The van der Waals surface area contributed by atoms with Crippen molar-refractivity contribution in [1.82, 2.24) is 30.7 Å². The zero-order valence-corrected chi connectivity index (χ0v) is 17.5. The summed E-state index contributed by atoms with van der Waals surface area (Å²) in [7, 11) is 0. The Morgan fingerprint density at radius 2 is 1.97 bits per heavy atom. The number of anilines is 1. The van der Waals surface area contributed by atoms with Crippen molar-refractivity contribution in [3.05, 3.63) is 69.3 Å². The van der Waals surface area contributed by atoms with Crippen LogP contribution < -0.4 is 11.2 Å². The number of aromatic nitrogens is 5. The smallest absolute Gasteiger partial charge is 0.294 e. The average Bonchev–Trinajstić information content (AvgIpc) is 3.37. The van der Waals surface area contributed by atoms with Gasteiger partial charge in [-0.3, -0.25) is 4.79 Å². The molecule has 4 aromatic rings. The van der Waals surface area contributed by atoms with Crippen LogP contribution in [0.25, 0.3) is 17.1 Å². The first-order valence-corrected chi connectivity index (χ1v) is 9.60. The van der Waals surface area contributed by atoms with Gasteiger partial charge in [0, 0.05) is 11.1 Å². The van der Waals surface area contributed by atoms with Crippen molar-refractivity contribution in [3.63, 3.8) is 0 Å². The first kappa shape index (κ1) is 20.5. The number of hydrogen-bond acceptors (Lipinski definition) is 8. The lowest BCUT2D eigenvalue weighted by Crippen LogP contribution is -2.19. The molecule has 0 aliphatic carbocycles. The van der Waals surface area contributed by atoms with E-state index in [1.54, 1.807) is 18.2 Å². The van der Waals surface area contributed by atoms with Gasteiger partial charge < -0.3 is 5.73 Å². The van der Waals surface area contributed by atoms with Gasteiger partial charge in [0.05, 0.1) is 16.3 Å². The number of benzene rings is 2. The summed E-state index contributed by atoms with van der Waals surface area (Å²) in [4.78, 5) is 12.8. The average molecular weight is 457 g/mol. The normalized spacial score (nSPS) is 11.2. The molecule has 2 heterocycles. The molecule has 1 amide bonds. The first-order valence-electron chi connectivity index (χ1n) is 8.84. The molecular weight excluding hydrogens is 443 g/mol. The maximum absolute atomic E-state index is 12.8. The van der Waals surface area contributed by atoms with Crippen LogP contribution in [0.15, 0.2) is 52.2 Å². The van der Waals surface area contributed by atoms with Gasteiger partial charge in [0.1, 0.15) is 5.69 Å². The van der Waals surface area contributed by atoms with E-state index in [1.165, 1.54) is 10.9 Å². The zero-order valence-electron chi connectivity index (χ0n) is 16.0. The molecule has 0 atom stereocenters. The molecule has 0 fully saturated rings. The van der Waals surface area contributed by atoms with Crippen LogP contribution in [0.5, 0.6) is 0 Å². The van der Waals surface area contributed by atoms with E-state index in [0.29, 0.717) is 26.9 Å². The van der Waals surface area contributed by atoms with Gasteiger partial charge in [0.25, 0.3) is 5.91 Å². The van der Waals surface area contributed by atoms with Gasteiger partial charge in [-0.2, -0.15) is 9.78 Å². The third-order valence-corrected chi connectivity index (χ3v) is 5.09. The number of hydrogen-bond donors (Lipinski definition) is 2. The van der Waals surface area contributed by atoms with Crippen LogP contribution in [0.2, 0.25) is 10.0 Å². The van der Waals surface area contributed by atoms with E-state index in [9.17, 15) is 4.79 Å². The van der Waals surface area contributed by atoms with Gasteiger partial charge in [-0.05, 0) is 23.3 Å². The number of amides is 1. The molecule has 2 aromatic carbocycles. The van der Waals surface area contributed by atoms with E-state index in [1.807, 2.05) is 31.2 Å². The highest BCUT2D eigenvalue weighted by Crippen LogP contribution is 2.27. The fraction of sp³-hybridized carbons (Fsp3) is 0.0526. The van der Waals surface area contributed by atoms with Crippen molar-refractivity contribution in [1.29, 1.82) is 0 Å². The molecule has 0 saturated carbocycles. The van der Waals surface area contributed by atoms with Crippen LogP contribution in [-0.4, -0.2) is 37.4 Å². The summed E-state index contributed by atoms with van der Waals surface area (Å²) in [5.74, 6) is -0.499. The Balaban J connectivity index is 1.69. The third-order valence-electron chi connectivity index (χ3n) is 4.26. The van der Waals surface area contributed by atoms with Crippen LogP contribution in [-0.2, 0) is 0 Å². The van der Waals surface area contributed by atoms with Crippen molar-refractivity contribution < 1.29 is 9.42 Å². The van der Waals surface area contributed by atoms with Gasteiger partial charge in [-0.1, -0.05) is 70.4 Å². The van der Waals surface area contributed by atoms with Crippen LogP contribution in [0.1, 0.15) is 21.6 Å². The maximum Gasteiger partial charge on any atom is 0.294 e. The van der Waals surface area contributed by atoms with E-state index in [0.717, 1.165) is 5.56 Å². The molecule has 0 aliphatic heterocycles. The number of nitrogen functional groups attached to an aromatic ring is 1. The molecule has 12 heteroatoms. The van der Waals surface area contributed by atoms with E-state index in [4.69, 9.17) is 28.9 Å². The van der Waals surface area contributed by atoms with Crippen molar-refractivity contribution >= 4 is 41.1 Å². The minimum atomic E-state index is -0.605. The molecule has 0 radical (unpaired) electrons. The lowest BCUT2D eigenvalue weighted by atomic mass is 10.1. The standard InChI is InChI=1S/C19H14Cl2N8O2/c1-10-5-7-11(8-6-10)16-15(24-28-29(16)18-17(22)26-31-27-18)19(30)25-23-9-12-3-2-4-13(20)14(12)21/h2-9H,1H3,(H2,22,26)(H,25,30). The summed E-state index contributed by atoms with van der Waals surface area (Å²) < 4.78 is 5.93. The molecule has 0 saturated heterocycles. The number of rotatable bonds is 5. The van der Waals surface area contributed by atoms with Crippen LogP contribution in [0.4, 0.5) is 5.82 Å². The lowest BCUT2D eigenvalue weighted by Gasteiger charge is -2.06. The van der Waals surface area contributed by atoms with E-state index in [2.05, 4.69) is 35.8 Å². The highest BCUT2D eigenvalue weighted by Gasteiger charge is 2.25. The van der Waals surface area contributed by atoms with Gasteiger partial charge >= 0.3 is 0 Å². The Bertz CT molecular complexity index is 1280. The summed E-state index contributed by atoms with van der Waals surface area (Å²) in [6, 6.07) is 12.5. The van der Waals surface area contributed by atoms with Crippen molar-refractivity contribution in [2.45, 2.75) is 6.92 Å². The Morgan fingerprint density at radius 3 is 2.68 bits per heavy atom. The molecule has 10 nitrogen and oxygen atoms in total. The predicted molar refractivity (Wildman–Crippen MR) is 115 cm³/mol. The molecule has 156 valence electrons. The second-order valence-electron chi connectivity index (χ2n) is 6.38. The molecule has 0 spiro atoms. The van der Waals surface area contributed by atoms with Crippen molar-refractivity contribution in [2.24, 2.45) is 5.10 Å². The molecule has 0 aliphatic rings. The van der Waals surface area contributed by atoms with Gasteiger partial charge in [-0.15, -0.1) is 5.10 Å². The molecule has 0 bridgehead atoms. The summed E-state index contributed by atoms with van der Waals surface area (Å²) >= 11 is 12.1. The lowest BCUT2D eigenvalue weighted by molar-refractivity contribution is 0.0950. The molecular formula is C19H14Cl2N8O2. The van der Waals surface area contributed by atoms with Crippen LogP contribution >= 0.6 is 23.2 Å². The van der Waals surface area contributed by atoms with Gasteiger partial charge in [-0.25, -0.2) is 10.1 Å². The number of carbonyl (C=O) groups is 1. The molecule has 0 unspecified atom stereocenters. The molecule has 4 rings (SSSR count). The summed E-state index contributed by atoms with van der Waals surface area (Å²) in [6.07, 6.45) is 1.38. The SMILES string of the molecule is Cc1ccc(-c2c(C(=O)NN=Cc3cccc(Cl)c3Cl)nnn2-c2nonc2N)cc1. The Morgan fingerprint density at radius 1 is 1.19 bits per heavy atom. The first-order chi connectivity index (χ1) is 15.0. The minimum Gasteiger partial charge on any atom is -0.378 e. The minimum absolute atomic E-state index is 0.000550. The third kappa shape index (κ3) is 4.11. The predicted octanol–water partition coefficient (Wildman–Crippen LogP) is 3.28. The molecule has 3 N–H and O–H groups in total. The fourth-order valence-corrected chi connectivity index (χ4v) is 3.08. The van der Waals surface area contributed by atoms with E-state index in [-0.39, 0.29) is 17.3 Å². The number of nitrogens with zero attached hydrogens (tertiary/aromatic N) is 6. The number of hydrazone groups is 1. The highest BCUT2D eigenvalue weighted by atomic mass is 35.5.